The molecule has 1 aromatic carbocycles. The number of carbonyl (C=O) groups is 2. The predicted molar refractivity (Wildman–Crippen MR) is 71.2 cm³/mol. The lowest BCUT2D eigenvalue weighted by Gasteiger charge is -2.19. The van der Waals surface area contributed by atoms with Crippen LogP contribution in [0, 0.1) is 0 Å². The summed E-state index contributed by atoms with van der Waals surface area (Å²) in [6.45, 7) is 2.03. The van der Waals surface area contributed by atoms with Crippen molar-refractivity contribution in [2.24, 2.45) is 5.73 Å². The minimum absolute atomic E-state index is 0.0642. The first-order valence-electron chi connectivity index (χ1n) is 6.16. The van der Waals surface area contributed by atoms with Crippen LogP contribution in [0.3, 0.4) is 0 Å². The summed E-state index contributed by atoms with van der Waals surface area (Å²) in [6, 6.07) is 5.41. The van der Waals surface area contributed by atoms with E-state index in [2.05, 4.69) is 0 Å². The molecule has 2 rings (SSSR count). The maximum atomic E-state index is 11.7. The average molecular weight is 277 g/mol. The lowest BCUT2D eigenvalue weighted by Crippen LogP contribution is -2.24. The number of primary amides is 1. The number of hydrogen-bond donors (Lipinski definition) is 1. The Morgan fingerprint density at radius 3 is 2.90 bits per heavy atom. The summed E-state index contributed by atoms with van der Waals surface area (Å²) in [6.07, 6.45) is 1.66. The Kier molecular flexibility index (Phi) is 4.24. The van der Waals surface area contributed by atoms with Gasteiger partial charge in [0.2, 0.25) is 0 Å². The van der Waals surface area contributed by atoms with Gasteiger partial charge >= 0.3 is 5.97 Å². The average Bonchev–Trinajstić information content (AvgIpc) is 2.44. The highest BCUT2D eigenvalue weighted by molar-refractivity contribution is 5.96. The maximum Gasteiger partial charge on any atom is 0.338 e. The number of fused-ring (bicyclic) bond motifs is 1. The van der Waals surface area contributed by atoms with Gasteiger partial charge in [0.1, 0.15) is 6.61 Å². The van der Waals surface area contributed by atoms with Crippen molar-refractivity contribution < 1.29 is 23.8 Å². The Morgan fingerprint density at radius 1 is 1.40 bits per heavy atom. The fraction of sp³-hybridized carbons (Fsp3) is 0.286. The number of benzene rings is 1. The van der Waals surface area contributed by atoms with Crippen molar-refractivity contribution in [3.8, 4) is 11.5 Å². The van der Waals surface area contributed by atoms with Crippen LogP contribution in [0.2, 0.25) is 0 Å². The monoisotopic (exact) mass is 277 g/mol. The normalized spacial score (nSPS) is 12.8. The fourth-order valence-corrected chi connectivity index (χ4v) is 1.80. The largest absolute Gasteiger partial charge is 0.490 e. The zero-order chi connectivity index (χ0) is 14.5. The van der Waals surface area contributed by atoms with E-state index in [0.717, 1.165) is 5.56 Å². The van der Waals surface area contributed by atoms with E-state index in [9.17, 15) is 9.59 Å². The number of ether oxygens (including phenoxy) is 3. The Morgan fingerprint density at radius 2 is 2.20 bits per heavy atom. The summed E-state index contributed by atoms with van der Waals surface area (Å²) >= 11 is 0. The molecule has 6 heteroatoms. The summed E-state index contributed by atoms with van der Waals surface area (Å²) in [5.74, 6) is -0.0856. The van der Waals surface area contributed by atoms with Crippen LogP contribution in [-0.2, 0) is 14.3 Å². The van der Waals surface area contributed by atoms with Gasteiger partial charge in [0.25, 0.3) is 5.91 Å². The van der Waals surface area contributed by atoms with Crippen LogP contribution in [0.15, 0.2) is 23.8 Å². The third kappa shape index (κ3) is 3.09. The third-order valence-electron chi connectivity index (χ3n) is 2.62. The molecule has 1 aliphatic rings. The molecule has 0 radical (unpaired) electrons. The quantitative estimate of drug-likeness (QED) is 0.807. The molecule has 1 heterocycles. The second kappa shape index (κ2) is 6.10. The van der Waals surface area contributed by atoms with E-state index in [1.165, 1.54) is 0 Å². The molecule has 1 aromatic rings. The highest BCUT2D eigenvalue weighted by atomic mass is 16.5. The highest BCUT2D eigenvalue weighted by Gasteiger charge is 2.21. The van der Waals surface area contributed by atoms with Crippen molar-refractivity contribution in [1.82, 2.24) is 0 Å². The van der Waals surface area contributed by atoms with Gasteiger partial charge < -0.3 is 19.9 Å². The molecule has 0 saturated carbocycles. The number of rotatable bonds is 5. The van der Waals surface area contributed by atoms with Gasteiger partial charge in [0.05, 0.1) is 12.2 Å². The van der Waals surface area contributed by atoms with Crippen molar-refractivity contribution in [1.29, 1.82) is 0 Å². The molecule has 0 aromatic heterocycles. The number of carbonyl (C=O) groups excluding carboxylic acids is 2. The summed E-state index contributed by atoms with van der Waals surface area (Å²) in [7, 11) is 0. The first-order chi connectivity index (χ1) is 9.61. The molecule has 6 nitrogen and oxygen atoms in total. The smallest absolute Gasteiger partial charge is 0.338 e. The Balaban J connectivity index is 2.18. The molecule has 1 aliphatic heterocycles. The molecule has 0 atom stereocenters. The van der Waals surface area contributed by atoms with Crippen LogP contribution in [0.1, 0.15) is 12.5 Å². The van der Waals surface area contributed by atoms with Crippen LogP contribution in [0.5, 0.6) is 11.5 Å². The van der Waals surface area contributed by atoms with E-state index in [1.54, 1.807) is 24.3 Å². The Labute approximate surface area is 116 Å². The molecule has 0 bridgehead atoms. The molecule has 0 saturated heterocycles. The van der Waals surface area contributed by atoms with Gasteiger partial charge in [-0.1, -0.05) is 12.1 Å². The molecular formula is C14H15NO5. The minimum atomic E-state index is -0.699. The maximum absolute atomic E-state index is 11.7. The van der Waals surface area contributed by atoms with E-state index in [0.29, 0.717) is 23.7 Å². The molecule has 2 N–H and O–H groups in total. The van der Waals surface area contributed by atoms with Crippen molar-refractivity contribution >= 4 is 18.0 Å². The van der Waals surface area contributed by atoms with Crippen LogP contribution < -0.4 is 15.2 Å². The minimum Gasteiger partial charge on any atom is -0.490 e. The number of hydrogen-bond acceptors (Lipinski definition) is 5. The van der Waals surface area contributed by atoms with Gasteiger partial charge in [0, 0.05) is 5.56 Å². The van der Waals surface area contributed by atoms with E-state index in [-0.39, 0.29) is 6.61 Å². The van der Waals surface area contributed by atoms with E-state index in [1.807, 2.05) is 6.92 Å². The molecule has 0 fully saturated rings. The van der Waals surface area contributed by atoms with Crippen molar-refractivity contribution in [3.63, 3.8) is 0 Å². The Hall–Kier alpha value is -2.50. The molecule has 1 amide bonds. The molecule has 0 aliphatic carbocycles. The van der Waals surface area contributed by atoms with Crippen LogP contribution >= 0.6 is 0 Å². The van der Waals surface area contributed by atoms with Gasteiger partial charge in [0.15, 0.2) is 18.1 Å². The summed E-state index contributed by atoms with van der Waals surface area (Å²) in [4.78, 5) is 22.3. The number of para-hydroxylation sites is 1. The SMILES string of the molecule is CCOc1cccc2c1OCC(C(=O)OCC(N)=O)=C2. The lowest BCUT2D eigenvalue weighted by atomic mass is 10.1. The molecule has 106 valence electrons. The Bertz CT molecular complexity index is 565. The second-order valence-corrected chi connectivity index (χ2v) is 4.11. The van der Waals surface area contributed by atoms with Gasteiger partial charge in [-0.2, -0.15) is 0 Å². The summed E-state index contributed by atoms with van der Waals surface area (Å²) in [5, 5.41) is 0. The topological polar surface area (TPSA) is 87.8 Å². The van der Waals surface area contributed by atoms with Crippen molar-refractivity contribution in [2.45, 2.75) is 6.92 Å². The van der Waals surface area contributed by atoms with Crippen LogP contribution in [-0.4, -0.2) is 31.7 Å². The second-order valence-electron chi connectivity index (χ2n) is 4.11. The number of amides is 1. The number of nitrogens with two attached hydrogens (primary N) is 1. The van der Waals surface area contributed by atoms with Gasteiger partial charge in [-0.05, 0) is 19.1 Å². The molecular weight excluding hydrogens is 262 g/mol. The summed E-state index contributed by atoms with van der Waals surface area (Å²) < 4.78 is 15.7. The molecule has 0 spiro atoms. The van der Waals surface area contributed by atoms with Gasteiger partial charge in [-0.25, -0.2) is 4.79 Å². The van der Waals surface area contributed by atoms with E-state index < -0.39 is 18.5 Å². The first-order valence-corrected chi connectivity index (χ1v) is 6.16. The van der Waals surface area contributed by atoms with E-state index in [4.69, 9.17) is 19.9 Å². The third-order valence-corrected chi connectivity index (χ3v) is 2.62. The fourth-order valence-electron chi connectivity index (χ4n) is 1.80. The van der Waals surface area contributed by atoms with Crippen LogP contribution in [0.4, 0.5) is 0 Å². The highest BCUT2D eigenvalue weighted by Crippen LogP contribution is 2.35. The standard InChI is InChI=1S/C14H15NO5/c1-2-18-11-5-3-4-9-6-10(7-19-13(9)11)14(17)20-8-12(15)16/h3-6H,2,7-8H2,1H3,(H2,15,16). The number of esters is 1. The van der Waals surface area contributed by atoms with E-state index >= 15 is 0 Å². The lowest BCUT2D eigenvalue weighted by molar-refractivity contribution is -0.144. The summed E-state index contributed by atoms with van der Waals surface area (Å²) in [5.41, 5.74) is 5.97. The van der Waals surface area contributed by atoms with Gasteiger partial charge in [-0.15, -0.1) is 0 Å². The molecule has 0 unspecified atom stereocenters. The van der Waals surface area contributed by atoms with Crippen molar-refractivity contribution in [2.75, 3.05) is 19.8 Å². The first kappa shape index (κ1) is 13.9. The zero-order valence-corrected chi connectivity index (χ0v) is 11.0. The van der Waals surface area contributed by atoms with Crippen LogP contribution in [0.25, 0.3) is 6.08 Å². The predicted octanol–water partition coefficient (Wildman–Crippen LogP) is 0.890. The zero-order valence-electron chi connectivity index (χ0n) is 11.0. The molecule has 20 heavy (non-hydrogen) atoms. The van der Waals surface area contributed by atoms with Crippen molar-refractivity contribution in [3.05, 3.63) is 29.3 Å². The van der Waals surface area contributed by atoms with Gasteiger partial charge in [-0.3, -0.25) is 4.79 Å².